The van der Waals surface area contributed by atoms with Crippen molar-refractivity contribution in [2.75, 3.05) is 31.1 Å². The molecule has 3 heterocycles. The Morgan fingerprint density at radius 1 is 0.829 bits per heavy atom. The molecule has 6 heteroatoms. The minimum absolute atomic E-state index is 0.0593. The van der Waals surface area contributed by atoms with E-state index >= 15 is 0 Å². The summed E-state index contributed by atoms with van der Waals surface area (Å²) in [6, 6.07) is 26.5. The van der Waals surface area contributed by atoms with E-state index in [0.29, 0.717) is 19.5 Å². The Kier molecular flexibility index (Phi) is 6.62. The van der Waals surface area contributed by atoms with Crippen LogP contribution in [0.5, 0.6) is 0 Å². The van der Waals surface area contributed by atoms with Crippen molar-refractivity contribution in [3.63, 3.8) is 0 Å². The molecule has 0 atom stereocenters. The lowest BCUT2D eigenvalue weighted by Crippen LogP contribution is -2.49. The lowest BCUT2D eigenvalue weighted by Gasteiger charge is -2.37. The number of hydrogen-bond acceptors (Lipinski definition) is 4. The molecule has 4 aromatic rings. The van der Waals surface area contributed by atoms with Gasteiger partial charge in [-0.25, -0.2) is 9.67 Å². The SMILES string of the molecule is Cc1nn(-c2ccccn2)c(C)c1N1CCN(C(=O)CC(c2ccccc2)c2ccccc2)CC1. The lowest BCUT2D eigenvalue weighted by molar-refractivity contribution is -0.131. The van der Waals surface area contributed by atoms with E-state index in [9.17, 15) is 4.79 Å². The van der Waals surface area contributed by atoms with Crippen molar-refractivity contribution in [3.8, 4) is 5.82 Å². The third kappa shape index (κ3) is 4.83. The topological polar surface area (TPSA) is 54.3 Å². The molecule has 0 N–H and O–H groups in total. The number of carbonyl (C=O) groups excluding carboxylic acids is 1. The third-order valence-corrected chi connectivity index (χ3v) is 6.85. The predicted octanol–water partition coefficient (Wildman–Crippen LogP) is 4.75. The maximum atomic E-state index is 13.4. The van der Waals surface area contributed by atoms with Crippen molar-refractivity contribution in [2.24, 2.45) is 0 Å². The number of carbonyl (C=O) groups is 1. The molecule has 1 saturated heterocycles. The van der Waals surface area contributed by atoms with Gasteiger partial charge in [0.25, 0.3) is 0 Å². The van der Waals surface area contributed by atoms with Crippen molar-refractivity contribution < 1.29 is 4.79 Å². The van der Waals surface area contributed by atoms with Gasteiger partial charge in [0.2, 0.25) is 5.91 Å². The smallest absolute Gasteiger partial charge is 0.223 e. The number of pyridine rings is 1. The summed E-state index contributed by atoms with van der Waals surface area (Å²) in [5, 5.41) is 4.75. The molecule has 1 aliphatic heterocycles. The zero-order valence-electron chi connectivity index (χ0n) is 20.3. The Bertz CT molecular complexity index is 1220. The van der Waals surface area contributed by atoms with E-state index in [1.807, 2.05) is 71.1 Å². The van der Waals surface area contributed by atoms with E-state index in [2.05, 4.69) is 41.1 Å². The van der Waals surface area contributed by atoms with Gasteiger partial charge < -0.3 is 9.80 Å². The van der Waals surface area contributed by atoms with E-state index < -0.39 is 0 Å². The van der Waals surface area contributed by atoms with Crippen LogP contribution in [0.1, 0.15) is 34.9 Å². The first-order chi connectivity index (χ1) is 17.1. The fourth-order valence-electron chi connectivity index (χ4n) is 5.08. The van der Waals surface area contributed by atoms with Gasteiger partial charge in [0.1, 0.15) is 0 Å². The van der Waals surface area contributed by atoms with E-state index in [0.717, 1.165) is 36.0 Å². The zero-order chi connectivity index (χ0) is 24.2. The summed E-state index contributed by atoms with van der Waals surface area (Å²) in [6.45, 7) is 7.15. The standard InChI is InChI=1S/C29H31N5O/c1-22-29(23(2)34(31-22)27-15-9-10-16-30-27)33-19-17-32(18-20-33)28(35)21-26(24-11-5-3-6-12-24)25-13-7-4-8-14-25/h3-16,26H,17-21H2,1-2H3. The van der Waals surface area contributed by atoms with Gasteiger partial charge in [0, 0.05) is 44.7 Å². The zero-order valence-corrected chi connectivity index (χ0v) is 20.3. The van der Waals surface area contributed by atoms with Crippen LogP contribution in [0, 0.1) is 13.8 Å². The Morgan fingerprint density at radius 2 is 1.43 bits per heavy atom. The molecule has 1 fully saturated rings. The molecular formula is C29H31N5O. The summed E-state index contributed by atoms with van der Waals surface area (Å²) in [6.07, 6.45) is 2.26. The number of anilines is 1. The summed E-state index contributed by atoms with van der Waals surface area (Å²) >= 11 is 0. The molecule has 1 amide bonds. The van der Waals surface area contributed by atoms with E-state index in [1.54, 1.807) is 6.20 Å². The molecule has 178 valence electrons. The maximum Gasteiger partial charge on any atom is 0.223 e. The Hall–Kier alpha value is -3.93. The second-order valence-corrected chi connectivity index (χ2v) is 9.07. The molecule has 0 spiro atoms. The molecule has 0 bridgehead atoms. The normalized spacial score (nSPS) is 13.9. The number of piperazine rings is 1. The van der Waals surface area contributed by atoms with Crippen molar-refractivity contribution >= 4 is 11.6 Å². The number of aryl methyl sites for hydroxylation is 1. The van der Waals surface area contributed by atoms with Crippen LogP contribution in [0.15, 0.2) is 85.1 Å². The molecule has 2 aromatic carbocycles. The summed E-state index contributed by atoms with van der Waals surface area (Å²) in [7, 11) is 0. The van der Waals surface area contributed by atoms with Crippen LogP contribution in [-0.4, -0.2) is 51.8 Å². The van der Waals surface area contributed by atoms with Crippen LogP contribution in [0.25, 0.3) is 5.82 Å². The number of amides is 1. The van der Waals surface area contributed by atoms with E-state index in [1.165, 1.54) is 11.1 Å². The van der Waals surface area contributed by atoms with Crippen LogP contribution >= 0.6 is 0 Å². The quantitative estimate of drug-likeness (QED) is 0.412. The second kappa shape index (κ2) is 10.1. The summed E-state index contributed by atoms with van der Waals surface area (Å²) in [4.78, 5) is 22.2. The Labute approximate surface area is 206 Å². The lowest BCUT2D eigenvalue weighted by atomic mass is 9.88. The highest BCUT2D eigenvalue weighted by Crippen LogP contribution is 2.30. The van der Waals surface area contributed by atoms with Gasteiger partial charge in [0.15, 0.2) is 5.82 Å². The van der Waals surface area contributed by atoms with Gasteiger partial charge in [-0.3, -0.25) is 4.79 Å². The van der Waals surface area contributed by atoms with Crippen molar-refractivity contribution in [1.82, 2.24) is 19.7 Å². The highest BCUT2D eigenvalue weighted by atomic mass is 16.2. The molecule has 2 aromatic heterocycles. The van der Waals surface area contributed by atoms with Crippen LogP contribution in [0.2, 0.25) is 0 Å². The fourth-order valence-corrected chi connectivity index (χ4v) is 5.08. The first-order valence-electron chi connectivity index (χ1n) is 12.2. The molecule has 6 nitrogen and oxygen atoms in total. The van der Waals surface area contributed by atoms with Crippen LogP contribution in [-0.2, 0) is 4.79 Å². The summed E-state index contributed by atoms with van der Waals surface area (Å²) in [5.41, 5.74) is 5.57. The van der Waals surface area contributed by atoms with Crippen molar-refractivity contribution in [2.45, 2.75) is 26.2 Å². The Morgan fingerprint density at radius 3 is 2.00 bits per heavy atom. The number of rotatable bonds is 6. The molecule has 35 heavy (non-hydrogen) atoms. The summed E-state index contributed by atoms with van der Waals surface area (Å²) in [5.74, 6) is 1.09. The van der Waals surface area contributed by atoms with Crippen molar-refractivity contribution in [3.05, 3.63) is 108 Å². The molecule has 5 rings (SSSR count). The monoisotopic (exact) mass is 465 g/mol. The van der Waals surface area contributed by atoms with Gasteiger partial charge in [0.05, 0.1) is 17.1 Å². The highest BCUT2D eigenvalue weighted by molar-refractivity contribution is 5.78. The Balaban J connectivity index is 1.28. The van der Waals surface area contributed by atoms with Crippen LogP contribution < -0.4 is 4.90 Å². The van der Waals surface area contributed by atoms with Crippen LogP contribution in [0.3, 0.4) is 0 Å². The predicted molar refractivity (Wildman–Crippen MR) is 139 cm³/mol. The molecular weight excluding hydrogens is 434 g/mol. The van der Waals surface area contributed by atoms with E-state index in [-0.39, 0.29) is 11.8 Å². The number of aromatic nitrogens is 3. The van der Waals surface area contributed by atoms with E-state index in [4.69, 9.17) is 5.10 Å². The van der Waals surface area contributed by atoms with Gasteiger partial charge in [-0.2, -0.15) is 5.10 Å². The molecule has 1 aliphatic rings. The van der Waals surface area contributed by atoms with Gasteiger partial charge >= 0.3 is 0 Å². The third-order valence-electron chi connectivity index (χ3n) is 6.85. The minimum atomic E-state index is 0.0593. The number of benzene rings is 2. The average molecular weight is 466 g/mol. The van der Waals surface area contributed by atoms with Gasteiger partial charge in [-0.1, -0.05) is 66.7 Å². The largest absolute Gasteiger partial charge is 0.365 e. The fraction of sp³-hybridized carbons (Fsp3) is 0.276. The first-order valence-corrected chi connectivity index (χ1v) is 12.2. The number of hydrogen-bond donors (Lipinski definition) is 0. The highest BCUT2D eigenvalue weighted by Gasteiger charge is 2.27. The van der Waals surface area contributed by atoms with Crippen LogP contribution in [0.4, 0.5) is 5.69 Å². The second-order valence-electron chi connectivity index (χ2n) is 9.07. The average Bonchev–Trinajstić information content (AvgIpc) is 3.22. The molecule has 0 aliphatic carbocycles. The maximum absolute atomic E-state index is 13.4. The molecule has 0 saturated carbocycles. The van der Waals surface area contributed by atoms with Gasteiger partial charge in [-0.15, -0.1) is 0 Å². The number of nitrogens with zero attached hydrogens (tertiary/aromatic N) is 5. The van der Waals surface area contributed by atoms with Crippen molar-refractivity contribution in [1.29, 1.82) is 0 Å². The molecule has 0 radical (unpaired) electrons. The first kappa shape index (κ1) is 22.8. The molecule has 0 unspecified atom stereocenters. The summed E-state index contributed by atoms with van der Waals surface area (Å²) < 4.78 is 1.91. The van der Waals surface area contributed by atoms with Gasteiger partial charge in [-0.05, 0) is 37.1 Å². The minimum Gasteiger partial charge on any atom is -0.365 e.